The maximum absolute atomic E-state index is 12.7. The minimum Gasteiger partial charge on any atom is -0.331 e. The molecule has 1 heterocycles. The first-order valence-corrected chi connectivity index (χ1v) is 8.42. The first kappa shape index (κ1) is 13.8. The second-order valence-corrected chi connectivity index (χ2v) is 7.09. The van der Waals surface area contributed by atoms with Crippen LogP contribution in [0.25, 0.3) is 0 Å². The smallest absolute Gasteiger partial charge is 0.254 e. The zero-order chi connectivity index (χ0) is 14.1. The van der Waals surface area contributed by atoms with E-state index >= 15 is 0 Å². The summed E-state index contributed by atoms with van der Waals surface area (Å²) in [5, 5.41) is 2.06. The first-order valence-electron chi connectivity index (χ1n) is 6.74. The monoisotopic (exact) mass is 349 g/mol. The Morgan fingerprint density at radius 1 is 1.40 bits per heavy atom. The number of rotatable bonds is 4. The number of hydrogen-bond donors (Lipinski definition) is 0. The molecule has 2 aromatic rings. The number of thiophene rings is 1. The van der Waals surface area contributed by atoms with Gasteiger partial charge in [-0.25, -0.2) is 0 Å². The van der Waals surface area contributed by atoms with Crippen LogP contribution in [-0.4, -0.2) is 16.8 Å². The molecule has 0 aliphatic heterocycles. The van der Waals surface area contributed by atoms with Crippen molar-refractivity contribution in [3.63, 3.8) is 0 Å². The van der Waals surface area contributed by atoms with Gasteiger partial charge < -0.3 is 4.90 Å². The Balaban J connectivity index is 1.83. The Morgan fingerprint density at radius 3 is 2.80 bits per heavy atom. The summed E-state index contributed by atoms with van der Waals surface area (Å²) in [6.45, 7) is 2.75. The van der Waals surface area contributed by atoms with E-state index < -0.39 is 0 Å². The molecule has 1 aliphatic rings. The molecule has 1 fully saturated rings. The molecule has 0 atom stereocenters. The summed E-state index contributed by atoms with van der Waals surface area (Å²) in [6, 6.07) is 10.4. The molecule has 1 aromatic carbocycles. The third-order valence-corrected chi connectivity index (χ3v) is 5.31. The van der Waals surface area contributed by atoms with E-state index in [2.05, 4.69) is 27.4 Å². The quantitative estimate of drug-likeness (QED) is 0.788. The molecule has 4 heteroatoms. The third-order valence-electron chi connectivity index (χ3n) is 3.56. The zero-order valence-electron chi connectivity index (χ0n) is 11.3. The number of carbonyl (C=O) groups is 1. The number of benzene rings is 1. The molecule has 20 heavy (non-hydrogen) atoms. The Labute approximate surface area is 131 Å². The van der Waals surface area contributed by atoms with E-state index in [9.17, 15) is 4.79 Å². The lowest BCUT2D eigenvalue weighted by Gasteiger charge is -2.22. The molecule has 0 saturated heterocycles. The highest BCUT2D eigenvalue weighted by molar-refractivity contribution is 9.10. The molecule has 0 radical (unpaired) electrons. The van der Waals surface area contributed by atoms with Gasteiger partial charge in [0, 0.05) is 21.0 Å². The Bertz CT molecular complexity index is 619. The van der Waals surface area contributed by atoms with Crippen LogP contribution in [0, 0.1) is 6.92 Å². The minimum atomic E-state index is 0.150. The number of hydrogen-bond acceptors (Lipinski definition) is 2. The Kier molecular flexibility index (Phi) is 3.94. The summed E-state index contributed by atoms with van der Waals surface area (Å²) in [7, 11) is 0. The van der Waals surface area contributed by atoms with Gasteiger partial charge >= 0.3 is 0 Å². The van der Waals surface area contributed by atoms with Crippen molar-refractivity contribution < 1.29 is 4.79 Å². The fourth-order valence-electron chi connectivity index (χ4n) is 2.27. The number of aryl methyl sites for hydroxylation is 1. The van der Waals surface area contributed by atoms with E-state index in [1.54, 1.807) is 11.3 Å². The average Bonchev–Trinajstić information content (AvgIpc) is 3.15. The summed E-state index contributed by atoms with van der Waals surface area (Å²) >= 11 is 5.20. The van der Waals surface area contributed by atoms with Crippen LogP contribution in [0.5, 0.6) is 0 Å². The van der Waals surface area contributed by atoms with E-state index in [1.807, 2.05) is 36.1 Å². The maximum Gasteiger partial charge on any atom is 0.254 e. The molecule has 2 nitrogen and oxygen atoms in total. The van der Waals surface area contributed by atoms with E-state index in [0.717, 1.165) is 35.0 Å². The average molecular weight is 350 g/mol. The van der Waals surface area contributed by atoms with Crippen molar-refractivity contribution in [1.82, 2.24) is 4.90 Å². The number of carbonyl (C=O) groups excluding carboxylic acids is 1. The maximum atomic E-state index is 12.7. The predicted molar refractivity (Wildman–Crippen MR) is 86.1 cm³/mol. The summed E-state index contributed by atoms with van der Waals surface area (Å²) in [4.78, 5) is 16.0. The van der Waals surface area contributed by atoms with Crippen LogP contribution in [0.3, 0.4) is 0 Å². The molecule has 3 rings (SSSR count). The van der Waals surface area contributed by atoms with Gasteiger partial charge in [0.15, 0.2) is 0 Å². The SMILES string of the molecule is Cc1cc(C(=O)N(Cc2cccs2)C2CC2)ccc1Br. The van der Waals surface area contributed by atoms with Gasteiger partial charge in [-0.3, -0.25) is 4.79 Å². The van der Waals surface area contributed by atoms with Gasteiger partial charge in [0.2, 0.25) is 0 Å². The van der Waals surface area contributed by atoms with E-state index in [0.29, 0.717) is 6.04 Å². The summed E-state index contributed by atoms with van der Waals surface area (Å²) in [6.07, 6.45) is 2.26. The topological polar surface area (TPSA) is 20.3 Å². The second kappa shape index (κ2) is 5.70. The van der Waals surface area contributed by atoms with Crippen molar-refractivity contribution in [2.24, 2.45) is 0 Å². The van der Waals surface area contributed by atoms with Gasteiger partial charge in [-0.1, -0.05) is 22.0 Å². The first-order chi connectivity index (χ1) is 9.65. The van der Waals surface area contributed by atoms with Crippen LogP contribution < -0.4 is 0 Å². The van der Waals surface area contributed by atoms with Gasteiger partial charge in [-0.15, -0.1) is 11.3 Å². The summed E-state index contributed by atoms with van der Waals surface area (Å²) in [5.41, 5.74) is 1.89. The van der Waals surface area contributed by atoms with Crippen LogP contribution in [0.4, 0.5) is 0 Å². The molecule has 1 aliphatic carbocycles. The fourth-order valence-corrected chi connectivity index (χ4v) is 3.22. The minimum absolute atomic E-state index is 0.150. The van der Waals surface area contributed by atoms with Crippen molar-refractivity contribution >= 4 is 33.2 Å². The molecule has 1 amide bonds. The molecule has 104 valence electrons. The number of nitrogens with zero attached hydrogens (tertiary/aromatic N) is 1. The van der Waals surface area contributed by atoms with Gasteiger partial charge in [0.1, 0.15) is 0 Å². The summed E-state index contributed by atoms with van der Waals surface area (Å²) < 4.78 is 1.05. The molecular formula is C16H16BrNOS. The molecule has 0 N–H and O–H groups in total. The van der Waals surface area contributed by atoms with E-state index in [-0.39, 0.29) is 5.91 Å². The third kappa shape index (κ3) is 2.96. The molecule has 1 saturated carbocycles. The van der Waals surface area contributed by atoms with Crippen molar-refractivity contribution in [3.05, 3.63) is 56.2 Å². The zero-order valence-corrected chi connectivity index (χ0v) is 13.7. The van der Waals surface area contributed by atoms with Gasteiger partial charge in [0.05, 0.1) is 6.54 Å². The molecule has 0 spiro atoms. The number of halogens is 1. The Hall–Kier alpha value is -1.13. The fraction of sp³-hybridized carbons (Fsp3) is 0.312. The molecule has 0 unspecified atom stereocenters. The lowest BCUT2D eigenvalue weighted by Crippen LogP contribution is -2.32. The van der Waals surface area contributed by atoms with Crippen LogP contribution in [-0.2, 0) is 6.54 Å². The van der Waals surface area contributed by atoms with Crippen molar-refractivity contribution in [2.75, 3.05) is 0 Å². The van der Waals surface area contributed by atoms with Gasteiger partial charge in [0.25, 0.3) is 5.91 Å². The second-order valence-electron chi connectivity index (χ2n) is 5.21. The van der Waals surface area contributed by atoms with Crippen LogP contribution in [0.15, 0.2) is 40.2 Å². The normalized spacial score (nSPS) is 14.3. The van der Waals surface area contributed by atoms with Crippen molar-refractivity contribution in [1.29, 1.82) is 0 Å². The van der Waals surface area contributed by atoms with Gasteiger partial charge in [-0.05, 0) is 55.0 Å². The highest BCUT2D eigenvalue weighted by Gasteiger charge is 2.33. The van der Waals surface area contributed by atoms with Crippen LogP contribution >= 0.6 is 27.3 Å². The van der Waals surface area contributed by atoms with Crippen molar-refractivity contribution in [3.8, 4) is 0 Å². The summed E-state index contributed by atoms with van der Waals surface area (Å²) in [5.74, 6) is 0.150. The van der Waals surface area contributed by atoms with E-state index in [4.69, 9.17) is 0 Å². The van der Waals surface area contributed by atoms with Crippen LogP contribution in [0.2, 0.25) is 0 Å². The highest BCUT2D eigenvalue weighted by Crippen LogP contribution is 2.31. The highest BCUT2D eigenvalue weighted by atomic mass is 79.9. The Morgan fingerprint density at radius 2 is 2.20 bits per heavy atom. The molecular weight excluding hydrogens is 334 g/mol. The van der Waals surface area contributed by atoms with E-state index in [1.165, 1.54) is 4.88 Å². The predicted octanol–water partition coefficient (Wildman–Crippen LogP) is 4.62. The standard InChI is InChI=1S/C16H16BrNOS/c1-11-9-12(4-7-15(11)17)16(19)18(13-5-6-13)10-14-3-2-8-20-14/h2-4,7-9,13H,5-6,10H2,1H3. The lowest BCUT2D eigenvalue weighted by atomic mass is 10.1. The van der Waals surface area contributed by atoms with Gasteiger partial charge in [-0.2, -0.15) is 0 Å². The largest absolute Gasteiger partial charge is 0.331 e. The molecule has 0 bridgehead atoms. The van der Waals surface area contributed by atoms with Crippen LogP contribution in [0.1, 0.15) is 33.6 Å². The molecule has 1 aromatic heterocycles. The van der Waals surface area contributed by atoms with Crippen molar-refractivity contribution in [2.45, 2.75) is 32.4 Å². The number of amides is 1. The lowest BCUT2D eigenvalue weighted by molar-refractivity contribution is 0.0731.